The van der Waals surface area contributed by atoms with Gasteiger partial charge >= 0.3 is 0 Å². The molecule has 0 fully saturated rings. The van der Waals surface area contributed by atoms with Crippen LogP contribution in [0.25, 0.3) is 0 Å². The van der Waals surface area contributed by atoms with Crippen LogP contribution in [0.3, 0.4) is 0 Å². The van der Waals surface area contributed by atoms with Gasteiger partial charge in [0.1, 0.15) is 0 Å². The van der Waals surface area contributed by atoms with E-state index in [2.05, 4.69) is 5.32 Å². The summed E-state index contributed by atoms with van der Waals surface area (Å²) < 4.78 is 17.0. The van der Waals surface area contributed by atoms with Gasteiger partial charge in [-0.15, -0.1) is 0 Å². The number of aliphatic hydroxyl groups is 1. The molecule has 4 N–H and O–H groups in total. The molecule has 0 bridgehead atoms. The molecule has 0 spiro atoms. The minimum atomic E-state index is -0.394. The number of nitrogens with one attached hydrogen (secondary N) is 1. The standard InChI is InChI=1S/C17H34N2O6/c1-3-9-23-12-17(4-2,13-24-10-5-15(18)21)14-25-11-6-16(22)19-7-8-20/h20H,3-14H2,1-2H3,(H2,18,21)(H,19,22). The first kappa shape index (κ1) is 23.8. The molecule has 0 aliphatic heterocycles. The van der Waals surface area contributed by atoms with Crippen molar-refractivity contribution in [3.63, 3.8) is 0 Å². The van der Waals surface area contributed by atoms with Gasteiger partial charge < -0.3 is 30.4 Å². The third kappa shape index (κ3) is 12.7. The van der Waals surface area contributed by atoms with Crippen molar-refractivity contribution in [2.75, 3.05) is 52.8 Å². The zero-order valence-corrected chi connectivity index (χ0v) is 15.6. The van der Waals surface area contributed by atoms with Crippen molar-refractivity contribution in [1.29, 1.82) is 0 Å². The SMILES string of the molecule is CCCOCC(CC)(COCCC(N)=O)COCCC(=O)NCCO. The lowest BCUT2D eigenvalue weighted by atomic mass is 9.88. The van der Waals surface area contributed by atoms with Gasteiger partial charge in [-0.3, -0.25) is 9.59 Å². The van der Waals surface area contributed by atoms with E-state index in [0.29, 0.717) is 26.4 Å². The molecule has 0 saturated heterocycles. The normalized spacial score (nSPS) is 13.4. The van der Waals surface area contributed by atoms with E-state index in [1.807, 2.05) is 13.8 Å². The van der Waals surface area contributed by atoms with Crippen LogP contribution in [0.4, 0.5) is 0 Å². The maximum atomic E-state index is 11.5. The Balaban J connectivity index is 4.34. The molecule has 8 heteroatoms. The topological polar surface area (TPSA) is 120 Å². The maximum Gasteiger partial charge on any atom is 0.222 e. The maximum absolute atomic E-state index is 11.5. The van der Waals surface area contributed by atoms with Gasteiger partial charge in [0.05, 0.1) is 39.6 Å². The molecule has 1 atom stereocenters. The van der Waals surface area contributed by atoms with Crippen LogP contribution < -0.4 is 11.1 Å². The van der Waals surface area contributed by atoms with E-state index in [9.17, 15) is 9.59 Å². The first-order valence-corrected chi connectivity index (χ1v) is 8.88. The quantitative estimate of drug-likeness (QED) is 0.318. The van der Waals surface area contributed by atoms with E-state index >= 15 is 0 Å². The van der Waals surface area contributed by atoms with E-state index in [0.717, 1.165) is 12.8 Å². The first-order chi connectivity index (χ1) is 12.0. The van der Waals surface area contributed by atoms with E-state index in [1.54, 1.807) is 0 Å². The molecule has 0 aliphatic carbocycles. The summed E-state index contributed by atoms with van der Waals surface area (Å²) in [5.74, 6) is -0.550. The lowest BCUT2D eigenvalue weighted by Crippen LogP contribution is -2.38. The molecule has 0 rings (SSSR count). The zero-order chi connectivity index (χ0) is 19.0. The number of ether oxygens (including phenoxy) is 3. The molecular weight excluding hydrogens is 328 g/mol. The summed E-state index contributed by atoms with van der Waals surface area (Å²) in [6.45, 7) is 6.75. The highest BCUT2D eigenvalue weighted by Gasteiger charge is 2.29. The summed E-state index contributed by atoms with van der Waals surface area (Å²) >= 11 is 0. The lowest BCUT2D eigenvalue weighted by molar-refractivity contribution is -0.123. The van der Waals surface area contributed by atoms with Crippen molar-refractivity contribution in [3.8, 4) is 0 Å². The second-order valence-electron chi connectivity index (χ2n) is 6.05. The summed E-state index contributed by atoms with van der Waals surface area (Å²) in [6.07, 6.45) is 2.12. The fourth-order valence-electron chi connectivity index (χ4n) is 2.06. The Kier molecular flexibility index (Phi) is 14.3. The third-order valence-electron chi connectivity index (χ3n) is 3.72. The minimum absolute atomic E-state index is 0.0804. The molecule has 148 valence electrons. The van der Waals surface area contributed by atoms with Crippen molar-refractivity contribution < 1.29 is 28.9 Å². The van der Waals surface area contributed by atoms with E-state index < -0.39 is 5.91 Å². The third-order valence-corrected chi connectivity index (χ3v) is 3.72. The number of primary amides is 1. The molecule has 0 heterocycles. The second-order valence-corrected chi connectivity index (χ2v) is 6.05. The number of amides is 2. The molecule has 2 amide bonds. The molecule has 0 aromatic carbocycles. The van der Waals surface area contributed by atoms with Gasteiger partial charge in [0.2, 0.25) is 11.8 Å². The van der Waals surface area contributed by atoms with Crippen molar-refractivity contribution >= 4 is 11.8 Å². The molecule has 25 heavy (non-hydrogen) atoms. The molecule has 0 saturated carbocycles. The van der Waals surface area contributed by atoms with Gasteiger partial charge in [-0.2, -0.15) is 0 Å². The van der Waals surface area contributed by atoms with Crippen molar-refractivity contribution in [2.24, 2.45) is 11.1 Å². The van der Waals surface area contributed by atoms with Crippen LogP contribution in [-0.4, -0.2) is 69.7 Å². The highest BCUT2D eigenvalue weighted by Crippen LogP contribution is 2.24. The predicted octanol–water partition coefficient (Wildman–Crippen LogP) is 0.217. The number of nitrogens with two attached hydrogens (primary N) is 1. The fourth-order valence-corrected chi connectivity index (χ4v) is 2.06. The van der Waals surface area contributed by atoms with Crippen molar-refractivity contribution in [3.05, 3.63) is 0 Å². The average Bonchev–Trinajstić information content (AvgIpc) is 2.60. The van der Waals surface area contributed by atoms with E-state index in [1.165, 1.54) is 0 Å². The second kappa shape index (κ2) is 15.1. The molecular formula is C17H34N2O6. The van der Waals surface area contributed by atoms with Crippen LogP contribution in [-0.2, 0) is 23.8 Å². The van der Waals surface area contributed by atoms with Gasteiger partial charge in [0, 0.05) is 31.4 Å². The number of hydrogen-bond acceptors (Lipinski definition) is 6. The number of aliphatic hydroxyl groups excluding tert-OH is 1. The number of hydrogen-bond donors (Lipinski definition) is 3. The van der Waals surface area contributed by atoms with E-state index in [4.69, 9.17) is 25.1 Å². The van der Waals surface area contributed by atoms with Crippen LogP contribution in [0.1, 0.15) is 39.5 Å². The summed E-state index contributed by atoms with van der Waals surface area (Å²) in [4.78, 5) is 22.3. The van der Waals surface area contributed by atoms with Crippen LogP contribution in [0.15, 0.2) is 0 Å². The van der Waals surface area contributed by atoms with Crippen molar-refractivity contribution in [2.45, 2.75) is 39.5 Å². The fraction of sp³-hybridized carbons (Fsp3) is 0.882. The minimum Gasteiger partial charge on any atom is -0.395 e. The van der Waals surface area contributed by atoms with Gasteiger partial charge in [0.15, 0.2) is 0 Å². The van der Waals surface area contributed by atoms with Crippen molar-refractivity contribution in [1.82, 2.24) is 5.32 Å². The van der Waals surface area contributed by atoms with Gasteiger partial charge in [-0.25, -0.2) is 0 Å². The number of carbonyl (C=O) groups excluding carboxylic acids is 2. The summed E-state index contributed by atoms with van der Waals surface area (Å²) in [6, 6.07) is 0. The van der Waals surface area contributed by atoms with Crippen LogP contribution >= 0.6 is 0 Å². The Hall–Kier alpha value is -1.22. The molecule has 0 aliphatic rings. The Bertz CT molecular complexity index is 367. The Labute approximate surface area is 150 Å². The summed E-state index contributed by atoms with van der Waals surface area (Å²) in [7, 11) is 0. The largest absolute Gasteiger partial charge is 0.395 e. The van der Waals surface area contributed by atoms with Gasteiger partial charge in [-0.1, -0.05) is 13.8 Å². The number of rotatable bonds is 17. The molecule has 0 aromatic rings. The van der Waals surface area contributed by atoms with Crippen LogP contribution in [0.5, 0.6) is 0 Å². The zero-order valence-electron chi connectivity index (χ0n) is 15.6. The van der Waals surface area contributed by atoms with Crippen LogP contribution in [0.2, 0.25) is 0 Å². The van der Waals surface area contributed by atoms with Gasteiger partial charge in [-0.05, 0) is 12.8 Å². The molecule has 8 nitrogen and oxygen atoms in total. The monoisotopic (exact) mass is 362 g/mol. The van der Waals surface area contributed by atoms with Gasteiger partial charge in [0.25, 0.3) is 0 Å². The molecule has 0 radical (unpaired) electrons. The Morgan fingerprint density at radius 2 is 1.56 bits per heavy atom. The first-order valence-electron chi connectivity index (χ1n) is 8.88. The lowest BCUT2D eigenvalue weighted by Gasteiger charge is -2.32. The highest BCUT2D eigenvalue weighted by atomic mass is 16.5. The molecule has 1 unspecified atom stereocenters. The summed E-state index contributed by atoms with van der Waals surface area (Å²) in [5, 5.41) is 11.2. The average molecular weight is 362 g/mol. The number of carbonyl (C=O) groups is 2. The van der Waals surface area contributed by atoms with Crippen LogP contribution in [0, 0.1) is 5.41 Å². The Morgan fingerprint density at radius 3 is 2.04 bits per heavy atom. The molecule has 0 aromatic heterocycles. The highest BCUT2D eigenvalue weighted by molar-refractivity contribution is 5.75. The predicted molar refractivity (Wildman–Crippen MR) is 94.0 cm³/mol. The Morgan fingerprint density at radius 1 is 1.00 bits per heavy atom. The summed E-state index contributed by atoms with van der Waals surface area (Å²) in [5.41, 5.74) is 4.79. The van der Waals surface area contributed by atoms with E-state index in [-0.39, 0.29) is 50.5 Å². The smallest absolute Gasteiger partial charge is 0.222 e.